The normalized spacial score (nSPS) is 11.6. The number of rotatable bonds is 6. The van der Waals surface area contributed by atoms with E-state index in [1.54, 1.807) is 0 Å². The molecule has 0 spiro atoms. The molecule has 1 aromatic heterocycles. The lowest BCUT2D eigenvalue weighted by Gasteiger charge is -2.23. The van der Waals surface area contributed by atoms with Crippen molar-refractivity contribution < 1.29 is 9.53 Å². The molecule has 2 aromatic rings. The van der Waals surface area contributed by atoms with Crippen molar-refractivity contribution in [2.45, 2.75) is 80.4 Å². The molecule has 1 aromatic carbocycles. The van der Waals surface area contributed by atoms with Crippen LogP contribution in [-0.4, -0.2) is 16.7 Å². The first-order valence-corrected chi connectivity index (χ1v) is 10.6. The molecule has 0 saturated carbocycles. The van der Waals surface area contributed by atoms with Crippen LogP contribution in [0.4, 0.5) is 4.79 Å². The Kier molecular flexibility index (Phi) is 7.45. The van der Waals surface area contributed by atoms with Gasteiger partial charge in [-0.2, -0.15) is 0 Å². The van der Waals surface area contributed by atoms with Crippen LogP contribution < -0.4 is 5.32 Å². The summed E-state index contributed by atoms with van der Waals surface area (Å²) in [6.45, 7) is 16.8. The Hall–Kier alpha value is -2.36. The Labute approximate surface area is 176 Å². The van der Waals surface area contributed by atoms with Crippen molar-refractivity contribution in [1.29, 1.82) is 0 Å². The van der Waals surface area contributed by atoms with Gasteiger partial charge in [0, 0.05) is 23.5 Å². The van der Waals surface area contributed by atoms with Gasteiger partial charge in [-0.05, 0) is 70.1 Å². The maximum absolute atomic E-state index is 12.3. The molecule has 0 fully saturated rings. The van der Waals surface area contributed by atoms with Gasteiger partial charge in [-0.25, -0.2) is 4.79 Å². The minimum Gasteiger partial charge on any atom is -0.444 e. The molecule has 2 rings (SSSR count). The van der Waals surface area contributed by atoms with Gasteiger partial charge in [0.1, 0.15) is 5.60 Å². The summed E-state index contributed by atoms with van der Waals surface area (Å²) in [6, 6.07) is 8.61. The second-order valence-corrected chi connectivity index (χ2v) is 9.15. The van der Waals surface area contributed by atoms with Crippen LogP contribution in [0, 0.1) is 19.8 Å². The van der Waals surface area contributed by atoms with Gasteiger partial charge in [0.05, 0.1) is 0 Å². The zero-order valence-electron chi connectivity index (χ0n) is 19.3. The molecular formula is C25H36N2O2. The number of amides is 1. The maximum atomic E-state index is 12.3. The smallest absolute Gasteiger partial charge is 0.407 e. The number of hydrogen-bond acceptors (Lipinski definition) is 3. The van der Waals surface area contributed by atoms with Crippen LogP contribution >= 0.6 is 0 Å². The lowest BCUT2D eigenvalue weighted by atomic mass is 9.89. The molecule has 0 unspecified atom stereocenters. The summed E-state index contributed by atoms with van der Waals surface area (Å²) in [4.78, 5) is 17.3. The molecule has 0 aliphatic carbocycles. The molecular weight excluding hydrogens is 360 g/mol. The van der Waals surface area contributed by atoms with Crippen molar-refractivity contribution in [3.63, 3.8) is 0 Å². The number of carbonyl (C=O) groups is 1. The quantitative estimate of drug-likeness (QED) is 0.637. The van der Waals surface area contributed by atoms with Crippen molar-refractivity contribution in [1.82, 2.24) is 10.3 Å². The van der Waals surface area contributed by atoms with Crippen LogP contribution in [0.25, 0.3) is 11.1 Å². The molecule has 1 amide bonds. The van der Waals surface area contributed by atoms with Crippen molar-refractivity contribution in [3.05, 3.63) is 52.3 Å². The highest BCUT2D eigenvalue weighted by Crippen LogP contribution is 2.33. The van der Waals surface area contributed by atoms with E-state index in [2.05, 4.69) is 64.2 Å². The lowest BCUT2D eigenvalue weighted by Crippen LogP contribution is -2.32. The molecule has 158 valence electrons. The molecule has 0 aliphatic rings. The van der Waals surface area contributed by atoms with Crippen molar-refractivity contribution in [2.75, 3.05) is 0 Å². The van der Waals surface area contributed by atoms with E-state index in [0.717, 1.165) is 29.8 Å². The SMILES string of the molecule is CCc1c(C)nc(CC(C)C)c(CNC(=O)OC(C)(C)C)c1-c1ccc(C)cc1. The van der Waals surface area contributed by atoms with E-state index in [9.17, 15) is 4.79 Å². The van der Waals surface area contributed by atoms with Crippen molar-refractivity contribution in [2.24, 2.45) is 5.92 Å². The maximum Gasteiger partial charge on any atom is 0.407 e. The summed E-state index contributed by atoms with van der Waals surface area (Å²) >= 11 is 0. The van der Waals surface area contributed by atoms with E-state index >= 15 is 0 Å². The minimum atomic E-state index is -0.523. The van der Waals surface area contributed by atoms with Crippen LogP contribution in [0.2, 0.25) is 0 Å². The van der Waals surface area contributed by atoms with Gasteiger partial charge in [0.15, 0.2) is 0 Å². The predicted octanol–water partition coefficient (Wildman–Crippen LogP) is 6.15. The number of nitrogens with zero attached hydrogens (tertiary/aromatic N) is 1. The van der Waals surface area contributed by atoms with Gasteiger partial charge in [-0.1, -0.05) is 50.6 Å². The zero-order valence-corrected chi connectivity index (χ0v) is 19.3. The number of nitrogens with one attached hydrogen (secondary N) is 1. The Morgan fingerprint density at radius 2 is 1.72 bits per heavy atom. The van der Waals surface area contributed by atoms with E-state index in [1.165, 1.54) is 22.3 Å². The highest BCUT2D eigenvalue weighted by molar-refractivity contribution is 5.74. The van der Waals surface area contributed by atoms with Gasteiger partial charge in [0.25, 0.3) is 0 Å². The number of carbonyl (C=O) groups excluding carboxylic acids is 1. The number of aromatic nitrogens is 1. The van der Waals surface area contributed by atoms with E-state index in [0.29, 0.717) is 12.5 Å². The van der Waals surface area contributed by atoms with E-state index < -0.39 is 11.7 Å². The molecule has 0 saturated heterocycles. The molecule has 1 N–H and O–H groups in total. The first-order chi connectivity index (χ1) is 13.5. The summed E-state index contributed by atoms with van der Waals surface area (Å²) in [6.07, 6.45) is 1.36. The highest BCUT2D eigenvalue weighted by Gasteiger charge is 2.21. The number of benzene rings is 1. The number of ether oxygens (including phenoxy) is 1. The highest BCUT2D eigenvalue weighted by atomic mass is 16.6. The Morgan fingerprint density at radius 3 is 2.24 bits per heavy atom. The van der Waals surface area contributed by atoms with Crippen LogP contribution in [0.3, 0.4) is 0 Å². The van der Waals surface area contributed by atoms with Gasteiger partial charge >= 0.3 is 6.09 Å². The molecule has 4 heteroatoms. The Bertz CT molecular complexity index is 847. The first kappa shape index (κ1) is 22.9. The van der Waals surface area contributed by atoms with Crippen molar-refractivity contribution in [3.8, 4) is 11.1 Å². The van der Waals surface area contributed by atoms with Crippen LogP contribution in [0.15, 0.2) is 24.3 Å². The Balaban J connectivity index is 2.56. The number of alkyl carbamates (subject to hydrolysis) is 1. The third-order valence-corrected chi connectivity index (χ3v) is 4.80. The lowest BCUT2D eigenvalue weighted by molar-refractivity contribution is 0.0523. The number of hydrogen-bond donors (Lipinski definition) is 1. The zero-order chi connectivity index (χ0) is 21.8. The monoisotopic (exact) mass is 396 g/mol. The average molecular weight is 397 g/mol. The van der Waals surface area contributed by atoms with Gasteiger partial charge < -0.3 is 10.1 Å². The number of aryl methyl sites for hydroxylation is 2. The molecule has 1 heterocycles. The van der Waals surface area contributed by atoms with E-state index in [-0.39, 0.29) is 0 Å². The second kappa shape index (κ2) is 9.43. The molecule has 0 aliphatic heterocycles. The van der Waals surface area contributed by atoms with Crippen LogP contribution in [-0.2, 0) is 24.1 Å². The van der Waals surface area contributed by atoms with Crippen LogP contribution in [0.1, 0.15) is 69.6 Å². The van der Waals surface area contributed by atoms with Gasteiger partial charge in [-0.15, -0.1) is 0 Å². The first-order valence-electron chi connectivity index (χ1n) is 10.6. The van der Waals surface area contributed by atoms with E-state index in [4.69, 9.17) is 9.72 Å². The Morgan fingerprint density at radius 1 is 1.10 bits per heavy atom. The third-order valence-electron chi connectivity index (χ3n) is 4.80. The largest absolute Gasteiger partial charge is 0.444 e. The molecule has 4 nitrogen and oxygen atoms in total. The second-order valence-electron chi connectivity index (χ2n) is 9.15. The predicted molar refractivity (Wildman–Crippen MR) is 120 cm³/mol. The molecule has 29 heavy (non-hydrogen) atoms. The average Bonchev–Trinajstić information content (AvgIpc) is 2.59. The fraction of sp³-hybridized carbons (Fsp3) is 0.520. The van der Waals surface area contributed by atoms with Gasteiger partial charge in [-0.3, -0.25) is 4.98 Å². The van der Waals surface area contributed by atoms with Crippen LogP contribution in [0.5, 0.6) is 0 Å². The summed E-state index contributed by atoms with van der Waals surface area (Å²) in [7, 11) is 0. The van der Waals surface area contributed by atoms with Gasteiger partial charge in [0.2, 0.25) is 0 Å². The van der Waals surface area contributed by atoms with Crippen molar-refractivity contribution >= 4 is 6.09 Å². The summed E-state index contributed by atoms with van der Waals surface area (Å²) in [5, 5.41) is 2.96. The summed E-state index contributed by atoms with van der Waals surface area (Å²) < 4.78 is 5.45. The minimum absolute atomic E-state index is 0.401. The van der Waals surface area contributed by atoms with E-state index in [1.807, 2.05) is 20.8 Å². The standard InChI is InChI=1S/C25H36N2O2/c1-9-20-18(5)27-22(14-16(2)3)21(15-26-24(28)29-25(6,7)8)23(20)19-12-10-17(4)11-13-19/h10-13,16H,9,14-15H2,1-8H3,(H,26,28). The molecule has 0 bridgehead atoms. The summed E-state index contributed by atoms with van der Waals surface area (Å²) in [5.41, 5.74) is 7.54. The summed E-state index contributed by atoms with van der Waals surface area (Å²) in [5.74, 6) is 0.473. The molecule has 0 radical (unpaired) electrons. The number of pyridine rings is 1. The molecule has 0 atom stereocenters. The third kappa shape index (κ3) is 6.31. The topological polar surface area (TPSA) is 51.2 Å². The fourth-order valence-corrected chi connectivity index (χ4v) is 3.57. The fourth-order valence-electron chi connectivity index (χ4n) is 3.57.